The number of carbonyl (C=O) groups excluding carboxylic acids is 2. The summed E-state index contributed by atoms with van der Waals surface area (Å²) in [5.41, 5.74) is 1.07. The molecule has 2 amide bonds. The third kappa shape index (κ3) is 5.57. The van der Waals surface area contributed by atoms with Crippen molar-refractivity contribution in [1.29, 1.82) is 0 Å². The summed E-state index contributed by atoms with van der Waals surface area (Å²) < 4.78 is 1.72. The van der Waals surface area contributed by atoms with Gasteiger partial charge in [-0.2, -0.15) is 4.98 Å². The number of piperidine rings is 1. The van der Waals surface area contributed by atoms with Crippen molar-refractivity contribution in [3.63, 3.8) is 0 Å². The summed E-state index contributed by atoms with van der Waals surface area (Å²) in [6.45, 7) is 5.53. The van der Waals surface area contributed by atoms with Gasteiger partial charge in [-0.05, 0) is 32.3 Å². The predicted molar refractivity (Wildman–Crippen MR) is 128 cm³/mol. The van der Waals surface area contributed by atoms with Crippen LogP contribution in [0.2, 0.25) is 0 Å². The minimum absolute atomic E-state index is 0.0535. The standard InChI is InChI=1S/C23H28N6O3S/c1-15(2)26-21(31)17-9-6-10-28(12-17)23-27-20-19(33-23)22(32)29(14-25-20)13-18(30)24-11-16-7-4-3-5-8-16/h3-5,7-8,14-15,17H,6,9-13H2,1-2H3,(H,24,30)(H,26,31)/t17-/m1/s1. The first-order chi connectivity index (χ1) is 15.9. The van der Waals surface area contributed by atoms with Gasteiger partial charge in [-0.15, -0.1) is 0 Å². The van der Waals surface area contributed by atoms with Crippen LogP contribution in [0.5, 0.6) is 0 Å². The molecule has 0 unspecified atom stereocenters. The third-order valence-corrected chi connectivity index (χ3v) is 6.61. The zero-order chi connectivity index (χ0) is 23.4. The number of rotatable bonds is 7. The molecule has 9 nitrogen and oxygen atoms in total. The quantitative estimate of drug-likeness (QED) is 0.548. The number of hydrogen-bond acceptors (Lipinski definition) is 7. The minimum Gasteiger partial charge on any atom is -0.354 e. The Morgan fingerprint density at radius 1 is 1.24 bits per heavy atom. The molecular formula is C23H28N6O3S. The lowest BCUT2D eigenvalue weighted by Crippen LogP contribution is -2.44. The molecule has 3 heterocycles. The monoisotopic (exact) mass is 468 g/mol. The first-order valence-electron chi connectivity index (χ1n) is 11.1. The van der Waals surface area contributed by atoms with Gasteiger partial charge in [0.05, 0.1) is 5.92 Å². The predicted octanol–water partition coefficient (Wildman–Crippen LogP) is 1.91. The maximum atomic E-state index is 13.0. The zero-order valence-electron chi connectivity index (χ0n) is 18.8. The van der Waals surface area contributed by atoms with Gasteiger partial charge in [0.15, 0.2) is 10.8 Å². The molecule has 1 saturated heterocycles. The molecule has 174 valence electrons. The molecule has 0 aliphatic carbocycles. The van der Waals surface area contributed by atoms with E-state index < -0.39 is 0 Å². The highest BCUT2D eigenvalue weighted by Gasteiger charge is 2.28. The fourth-order valence-corrected chi connectivity index (χ4v) is 4.86. The van der Waals surface area contributed by atoms with Crippen molar-refractivity contribution in [2.24, 2.45) is 5.92 Å². The van der Waals surface area contributed by atoms with Crippen LogP contribution in [0.15, 0.2) is 41.5 Å². The van der Waals surface area contributed by atoms with Crippen LogP contribution < -0.4 is 21.1 Å². The molecule has 1 aliphatic rings. The van der Waals surface area contributed by atoms with Crippen LogP contribution in [0.1, 0.15) is 32.3 Å². The molecule has 1 aromatic carbocycles. The molecule has 2 N–H and O–H groups in total. The van der Waals surface area contributed by atoms with E-state index in [0.29, 0.717) is 28.6 Å². The Labute approximate surface area is 195 Å². The van der Waals surface area contributed by atoms with Crippen molar-refractivity contribution in [2.45, 2.75) is 45.8 Å². The Kier molecular flexibility index (Phi) is 7.02. The van der Waals surface area contributed by atoms with Crippen LogP contribution in [0, 0.1) is 5.92 Å². The van der Waals surface area contributed by atoms with Gasteiger partial charge in [0.1, 0.15) is 17.6 Å². The smallest absolute Gasteiger partial charge is 0.273 e. The number of fused-ring (bicyclic) bond motifs is 1. The Hall–Kier alpha value is -3.27. The van der Waals surface area contributed by atoms with Crippen LogP contribution in [-0.4, -0.2) is 45.5 Å². The van der Waals surface area contributed by atoms with E-state index in [2.05, 4.69) is 25.5 Å². The lowest BCUT2D eigenvalue weighted by Gasteiger charge is -2.32. The SMILES string of the molecule is CC(C)NC(=O)[C@@H]1CCCN(c2nc3ncn(CC(=O)NCc4ccccc4)c(=O)c3s2)C1. The topological polar surface area (TPSA) is 109 Å². The lowest BCUT2D eigenvalue weighted by atomic mass is 9.97. The summed E-state index contributed by atoms with van der Waals surface area (Å²) >= 11 is 1.27. The van der Waals surface area contributed by atoms with E-state index in [1.165, 1.54) is 22.2 Å². The maximum absolute atomic E-state index is 13.0. The summed E-state index contributed by atoms with van der Waals surface area (Å²) in [6, 6.07) is 9.69. The van der Waals surface area contributed by atoms with Crippen molar-refractivity contribution < 1.29 is 9.59 Å². The number of benzene rings is 1. The second kappa shape index (κ2) is 10.1. The minimum atomic E-state index is -0.287. The molecule has 1 aliphatic heterocycles. The molecule has 1 atom stereocenters. The number of carbonyl (C=O) groups is 2. The van der Waals surface area contributed by atoms with Crippen molar-refractivity contribution in [2.75, 3.05) is 18.0 Å². The van der Waals surface area contributed by atoms with Crippen molar-refractivity contribution in [3.8, 4) is 0 Å². The highest BCUT2D eigenvalue weighted by atomic mass is 32.1. The van der Waals surface area contributed by atoms with Gasteiger partial charge in [0, 0.05) is 25.7 Å². The summed E-state index contributed by atoms with van der Waals surface area (Å²) in [5.74, 6) is -0.314. The summed E-state index contributed by atoms with van der Waals surface area (Å²) in [5, 5.41) is 6.49. The highest BCUT2D eigenvalue weighted by Crippen LogP contribution is 2.29. The molecule has 2 aromatic heterocycles. The second-order valence-corrected chi connectivity index (χ2v) is 9.52. The molecule has 1 fully saturated rings. The molecule has 3 aromatic rings. The van der Waals surface area contributed by atoms with Crippen molar-refractivity contribution in [1.82, 2.24) is 25.2 Å². The number of thiazole rings is 1. The van der Waals surface area contributed by atoms with E-state index in [-0.39, 0.29) is 35.9 Å². The van der Waals surface area contributed by atoms with E-state index in [1.807, 2.05) is 44.2 Å². The lowest BCUT2D eigenvalue weighted by molar-refractivity contribution is -0.125. The molecule has 4 rings (SSSR count). The van der Waals surface area contributed by atoms with Gasteiger partial charge in [-0.3, -0.25) is 19.0 Å². The van der Waals surface area contributed by atoms with Crippen molar-refractivity contribution in [3.05, 3.63) is 52.6 Å². The van der Waals surface area contributed by atoms with Crippen LogP contribution >= 0.6 is 11.3 Å². The van der Waals surface area contributed by atoms with E-state index in [0.717, 1.165) is 24.9 Å². The van der Waals surface area contributed by atoms with E-state index >= 15 is 0 Å². The average molecular weight is 469 g/mol. The van der Waals surface area contributed by atoms with Crippen molar-refractivity contribution >= 4 is 38.6 Å². The Bertz CT molecular complexity index is 1190. The summed E-state index contributed by atoms with van der Waals surface area (Å²) in [4.78, 5) is 48.6. The molecule has 33 heavy (non-hydrogen) atoms. The van der Waals surface area contributed by atoms with Gasteiger partial charge >= 0.3 is 0 Å². The molecule has 0 radical (unpaired) electrons. The number of aromatic nitrogens is 3. The highest BCUT2D eigenvalue weighted by molar-refractivity contribution is 7.22. The van der Waals surface area contributed by atoms with Crippen LogP contribution in [0.25, 0.3) is 10.3 Å². The van der Waals surface area contributed by atoms with E-state index in [1.54, 1.807) is 0 Å². The zero-order valence-corrected chi connectivity index (χ0v) is 19.6. The first-order valence-corrected chi connectivity index (χ1v) is 11.9. The van der Waals surface area contributed by atoms with Crippen LogP contribution in [0.4, 0.5) is 5.13 Å². The summed E-state index contributed by atoms with van der Waals surface area (Å²) in [6.07, 6.45) is 3.08. The molecule has 0 bridgehead atoms. The Morgan fingerprint density at radius 3 is 2.79 bits per heavy atom. The van der Waals surface area contributed by atoms with Crippen LogP contribution in [0.3, 0.4) is 0 Å². The normalized spacial score (nSPS) is 16.2. The number of amides is 2. The fourth-order valence-electron chi connectivity index (χ4n) is 3.86. The van der Waals surface area contributed by atoms with Gasteiger partial charge in [0.2, 0.25) is 11.8 Å². The van der Waals surface area contributed by atoms with E-state index in [4.69, 9.17) is 0 Å². The van der Waals surface area contributed by atoms with Gasteiger partial charge < -0.3 is 15.5 Å². The number of hydrogen-bond donors (Lipinski definition) is 2. The Balaban J connectivity index is 1.45. The molecular weight excluding hydrogens is 440 g/mol. The van der Waals surface area contributed by atoms with E-state index in [9.17, 15) is 14.4 Å². The second-order valence-electron chi connectivity index (χ2n) is 8.54. The fraction of sp³-hybridized carbons (Fsp3) is 0.435. The third-order valence-electron chi connectivity index (χ3n) is 5.51. The number of anilines is 1. The molecule has 0 saturated carbocycles. The molecule has 0 spiro atoms. The Morgan fingerprint density at radius 2 is 2.03 bits per heavy atom. The average Bonchev–Trinajstić information content (AvgIpc) is 3.25. The van der Waals surface area contributed by atoms with Gasteiger partial charge in [-0.25, -0.2) is 4.98 Å². The van der Waals surface area contributed by atoms with Gasteiger partial charge in [0.25, 0.3) is 5.56 Å². The number of nitrogens with one attached hydrogen (secondary N) is 2. The maximum Gasteiger partial charge on any atom is 0.273 e. The summed E-state index contributed by atoms with van der Waals surface area (Å²) in [7, 11) is 0. The first kappa shape index (κ1) is 22.9. The van der Waals surface area contributed by atoms with Crippen LogP contribution in [-0.2, 0) is 22.7 Å². The van der Waals surface area contributed by atoms with Gasteiger partial charge in [-0.1, -0.05) is 41.7 Å². The molecule has 10 heteroatoms. The largest absolute Gasteiger partial charge is 0.354 e. The number of nitrogens with zero attached hydrogens (tertiary/aromatic N) is 4.